The maximum Gasteiger partial charge on any atom is 0.322 e. The van der Waals surface area contributed by atoms with E-state index in [1.165, 1.54) is 0 Å². The molecule has 0 radical (unpaired) electrons. The van der Waals surface area contributed by atoms with Crippen molar-refractivity contribution in [1.29, 1.82) is 0 Å². The lowest BCUT2D eigenvalue weighted by atomic mass is 10.2. The number of aromatic nitrogens is 4. The second-order valence-corrected chi connectivity index (χ2v) is 4.65. The molecule has 0 amide bonds. The molecule has 0 saturated heterocycles. The van der Waals surface area contributed by atoms with Crippen LogP contribution in [0.3, 0.4) is 0 Å². The monoisotopic (exact) mass is 261 g/mol. The Labute approximate surface area is 112 Å². The molecule has 2 aromatic rings. The molecule has 0 fully saturated rings. The van der Waals surface area contributed by atoms with Crippen LogP contribution in [-0.2, 0) is 6.54 Å². The standard InChI is InChI=1S/C13H19N5O/c1-9(2)18-8-12(7-16-18)19-13-15-6-11(5-14-4)10(3)17-13/h6-9,14H,5H2,1-4H3. The van der Waals surface area contributed by atoms with Gasteiger partial charge in [0.05, 0.1) is 12.4 Å². The van der Waals surface area contributed by atoms with E-state index in [2.05, 4.69) is 34.2 Å². The molecule has 1 N–H and O–H groups in total. The minimum absolute atomic E-state index is 0.304. The van der Waals surface area contributed by atoms with Crippen LogP contribution in [-0.4, -0.2) is 26.8 Å². The van der Waals surface area contributed by atoms with E-state index in [1.807, 2.05) is 24.9 Å². The maximum absolute atomic E-state index is 5.60. The van der Waals surface area contributed by atoms with Crippen LogP contribution in [0.25, 0.3) is 0 Å². The van der Waals surface area contributed by atoms with E-state index in [9.17, 15) is 0 Å². The Morgan fingerprint density at radius 1 is 1.37 bits per heavy atom. The summed E-state index contributed by atoms with van der Waals surface area (Å²) in [6.07, 6.45) is 5.28. The number of ether oxygens (including phenoxy) is 1. The summed E-state index contributed by atoms with van der Waals surface area (Å²) in [4.78, 5) is 8.53. The average Bonchev–Trinajstić information content (AvgIpc) is 2.81. The Bertz CT molecular complexity index is 550. The minimum atomic E-state index is 0.304. The van der Waals surface area contributed by atoms with Gasteiger partial charge < -0.3 is 10.1 Å². The van der Waals surface area contributed by atoms with Crippen LogP contribution in [0.4, 0.5) is 0 Å². The maximum atomic E-state index is 5.60. The van der Waals surface area contributed by atoms with Gasteiger partial charge in [0.1, 0.15) is 0 Å². The van der Waals surface area contributed by atoms with Crippen LogP contribution in [0.1, 0.15) is 31.1 Å². The fourth-order valence-corrected chi connectivity index (χ4v) is 1.64. The van der Waals surface area contributed by atoms with Gasteiger partial charge in [-0.25, -0.2) is 4.98 Å². The molecule has 6 nitrogen and oxygen atoms in total. The first kappa shape index (κ1) is 13.5. The van der Waals surface area contributed by atoms with Crippen molar-refractivity contribution >= 4 is 0 Å². The van der Waals surface area contributed by atoms with Gasteiger partial charge in [0.2, 0.25) is 0 Å². The molecule has 0 aliphatic rings. The highest BCUT2D eigenvalue weighted by atomic mass is 16.5. The zero-order valence-corrected chi connectivity index (χ0v) is 11.7. The molecule has 0 aliphatic heterocycles. The zero-order valence-electron chi connectivity index (χ0n) is 11.7. The Kier molecular flexibility index (Phi) is 4.11. The third kappa shape index (κ3) is 3.29. The van der Waals surface area contributed by atoms with Crippen LogP contribution in [0.15, 0.2) is 18.6 Å². The molecule has 0 unspecified atom stereocenters. The van der Waals surface area contributed by atoms with E-state index in [0.717, 1.165) is 17.8 Å². The molecular weight excluding hydrogens is 242 g/mol. The van der Waals surface area contributed by atoms with Gasteiger partial charge in [-0.3, -0.25) is 4.68 Å². The van der Waals surface area contributed by atoms with Gasteiger partial charge in [-0.2, -0.15) is 10.1 Å². The smallest absolute Gasteiger partial charge is 0.322 e. The summed E-state index contributed by atoms with van der Waals surface area (Å²) in [5.41, 5.74) is 1.98. The summed E-state index contributed by atoms with van der Waals surface area (Å²) in [5, 5.41) is 7.28. The van der Waals surface area contributed by atoms with Crippen molar-refractivity contribution in [3.05, 3.63) is 29.8 Å². The SMILES string of the molecule is CNCc1cnc(Oc2cnn(C(C)C)c2)nc1C. The predicted molar refractivity (Wildman–Crippen MR) is 72.2 cm³/mol. The molecule has 0 aromatic carbocycles. The Hall–Kier alpha value is -1.95. The third-order valence-corrected chi connectivity index (χ3v) is 2.74. The van der Waals surface area contributed by atoms with Crippen molar-refractivity contribution in [1.82, 2.24) is 25.1 Å². The van der Waals surface area contributed by atoms with Crippen molar-refractivity contribution < 1.29 is 4.74 Å². The number of hydrogen-bond acceptors (Lipinski definition) is 5. The predicted octanol–water partition coefficient (Wildman–Crippen LogP) is 2.07. The molecule has 0 saturated carbocycles. The van der Waals surface area contributed by atoms with Gasteiger partial charge in [-0.1, -0.05) is 0 Å². The fraction of sp³-hybridized carbons (Fsp3) is 0.462. The number of aryl methyl sites for hydroxylation is 1. The summed E-state index contributed by atoms with van der Waals surface area (Å²) in [5.74, 6) is 0.648. The quantitative estimate of drug-likeness (QED) is 0.892. The fourth-order valence-electron chi connectivity index (χ4n) is 1.64. The zero-order chi connectivity index (χ0) is 13.8. The van der Waals surface area contributed by atoms with E-state index in [4.69, 9.17) is 4.74 Å². The summed E-state index contributed by atoms with van der Waals surface area (Å²) >= 11 is 0. The lowest BCUT2D eigenvalue weighted by Gasteiger charge is -2.06. The number of hydrogen-bond donors (Lipinski definition) is 1. The number of nitrogens with zero attached hydrogens (tertiary/aromatic N) is 4. The van der Waals surface area contributed by atoms with Crippen molar-refractivity contribution in [3.63, 3.8) is 0 Å². The highest BCUT2D eigenvalue weighted by molar-refractivity contribution is 5.21. The molecule has 19 heavy (non-hydrogen) atoms. The molecule has 2 rings (SSSR count). The van der Waals surface area contributed by atoms with E-state index >= 15 is 0 Å². The largest absolute Gasteiger partial charge is 0.421 e. The van der Waals surface area contributed by atoms with Crippen molar-refractivity contribution in [2.75, 3.05) is 7.05 Å². The first-order chi connectivity index (χ1) is 9.10. The normalized spacial score (nSPS) is 11.0. The highest BCUT2D eigenvalue weighted by Gasteiger charge is 2.07. The first-order valence-corrected chi connectivity index (χ1v) is 6.29. The lowest BCUT2D eigenvalue weighted by Crippen LogP contribution is -2.08. The lowest BCUT2D eigenvalue weighted by molar-refractivity contribution is 0.436. The Balaban J connectivity index is 2.12. The van der Waals surface area contributed by atoms with Crippen molar-refractivity contribution in [2.45, 2.75) is 33.4 Å². The molecular formula is C13H19N5O. The number of nitrogens with one attached hydrogen (secondary N) is 1. The molecule has 0 spiro atoms. The van der Waals surface area contributed by atoms with Gasteiger partial charge in [0.15, 0.2) is 5.75 Å². The molecule has 0 bridgehead atoms. The number of rotatable bonds is 5. The average molecular weight is 261 g/mol. The second kappa shape index (κ2) is 5.79. The van der Waals surface area contributed by atoms with E-state index < -0.39 is 0 Å². The van der Waals surface area contributed by atoms with Crippen LogP contribution in [0.5, 0.6) is 11.8 Å². The van der Waals surface area contributed by atoms with Crippen LogP contribution < -0.4 is 10.1 Å². The van der Waals surface area contributed by atoms with Gasteiger partial charge in [-0.15, -0.1) is 0 Å². The van der Waals surface area contributed by atoms with Gasteiger partial charge in [0, 0.05) is 30.0 Å². The Morgan fingerprint density at radius 3 is 2.74 bits per heavy atom. The van der Waals surface area contributed by atoms with Crippen LogP contribution in [0, 0.1) is 6.92 Å². The Morgan fingerprint density at radius 2 is 2.16 bits per heavy atom. The molecule has 2 heterocycles. The summed E-state index contributed by atoms with van der Waals surface area (Å²) in [6, 6.07) is 0.652. The van der Waals surface area contributed by atoms with Gasteiger partial charge in [-0.05, 0) is 27.8 Å². The molecule has 6 heteroatoms. The van der Waals surface area contributed by atoms with Crippen LogP contribution >= 0.6 is 0 Å². The van der Waals surface area contributed by atoms with E-state index in [-0.39, 0.29) is 0 Å². The molecule has 0 aliphatic carbocycles. The topological polar surface area (TPSA) is 64.9 Å². The second-order valence-electron chi connectivity index (χ2n) is 4.65. The summed E-state index contributed by atoms with van der Waals surface area (Å²) in [6.45, 7) is 6.81. The van der Waals surface area contributed by atoms with Gasteiger partial charge >= 0.3 is 6.01 Å². The first-order valence-electron chi connectivity index (χ1n) is 6.29. The van der Waals surface area contributed by atoms with E-state index in [0.29, 0.717) is 17.8 Å². The van der Waals surface area contributed by atoms with Crippen molar-refractivity contribution in [2.24, 2.45) is 0 Å². The molecule has 0 atom stereocenters. The third-order valence-electron chi connectivity index (χ3n) is 2.74. The van der Waals surface area contributed by atoms with E-state index in [1.54, 1.807) is 12.4 Å². The minimum Gasteiger partial charge on any atom is -0.421 e. The van der Waals surface area contributed by atoms with Crippen LogP contribution in [0.2, 0.25) is 0 Å². The van der Waals surface area contributed by atoms with Gasteiger partial charge in [0.25, 0.3) is 0 Å². The highest BCUT2D eigenvalue weighted by Crippen LogP contribution is 2.19. The van der Waals surface area contributed by atoms with Crippen molar-refractivity contribution in [3.8, 4) is 11.8 Å². The summed E-state index contributed by atoms with van der Waals surface area (Å²) < 4.78 is 7.43. The molecule has 102 valence electrons. The summed E-state index contributed by atoms with van der Waals surface area (Å²) in [7, 11) is 1.89. The molecule has 2 aromatic heterocycles.